The van der Waals surface area contributed by atoms with E-state index in [1.807, 2.05) is 0 Å². The molecule has 1 rings (SSSR count). The van der Waals surface area contributed by atoms with Crippen molar-refractivity contribution in [1.82, 2.24) is 4.98 Å². The number of nitrogens with zero attached hydrogens (tertiary/aromatic N) is 3. The first-order chi connectivity index (χ1) is 6.20. The molecule has 0 aliphatic rings. The van der Waals surface area contributed by atoms with Gasteiger partial charge in [0.15, 0.2) is 0 Å². The second-order valence-electron chi connectivity index (χ2n) is 2.39. The van der Waals surface area contributed by atoms with Gasteiger partial charge in [0.1, 0.15) is 6.07 Å². The van der Waals surface area contributed by atoms with Gasteiger partial charge >= 0.3 is 5.69 Å². The van der Waals surface area contributed by atoms with Crippen molar-refractivity contribution in [3.05, 3.63) is 33.6 Å². The minimum atomic E-state index is -0.565. The van der Waals surface area contributed by atoms with Crippen LogP contribution in [-0.2, 0) is 6.42 Å². The van der Waals surface area contributed by atoms with Crippen molar-refractivity contribution in [2.24, 2.45) is 0 Å². The smallest absolute Gasteiger partial charge is 0.258 e. The summed E-state index contributed by atoms with van der Waals surface area (Å²) in [6.45, 7) is 1.80. The summed E-state index contributed by atoms with van der Waals surface area (Å²) < 4.78 is 0. The lowest BCUT2D eigenvalue weighted by Crippen LogP contribution is -1.99. The fourth-order valence-electron chi connectivity index (χ4n) is 1.06. The Labute approximate surface area is 74.8 Å². The van der Waals surface area contributed by atoms with E-state index < -0.39 is 4.92 Å². The Morgan fingerprint density at radius 3 is 2.92 bits per heavy atom. The van der Waals surface area contributed by atoms with Gasteiger partial charge in [0.05, 0.1) is 4.92 Å². The van der Waals surface area contributed by atoms with E-state index in [1.54, 1.807) is 19.1 Å². The van der Waals surface area contributed by atoms with E-state index >= 15 is 0 Å². The van der Waals surface area contributed by atoms with Crippen LogP contribution < -0.4 is 0 Å². The van der Waals surface area contributed by atoms with Crippen LogP contribution in [0.4, 0.5) is 5.69 Å². The van der Waals surface area contributed by atoms with Crippen LogP contribution >= 0.6 is 0 Å². The first-order valence-electron chi connectivity index (χ1n) is 3.73. The molecule has 0 N–H and O–H groups in total. The van der Waals surface area contributed by atoms with Gasteiger partial charge in [0, 0.05) is 11.8 Å². The number of nitriles is 1. The summed E-state index contributed by atoms with van der Waals surface area (Å²) in [7, 11) is 0. The summed E-state index contributed by atoms with van der Waals surface area (Å²) in [6, 6.07) is 3.25. The Bertz CT molecular complexity index is 381. The van der Waals surface area contributed by atoms with Gasteiger partial charge in [-0.25, -0.2) is 4.98 Å². The van der Waals surface area contributed by atoms with Gasteiger partial charge in [0.2, 0.25) is 5.69 Å². The van der Waals surface area contributed by atoms with Crippen molar-refractivity contribution < 1.29 is 4.92 Å². The zero-order chi connectivity index (χ0) is 9.84. The number of hydrogen-bond donors (Lipinski definition) is 0. The highest BCUT2D eigenvalue weighted by molar-refractivity contribution is 5.49. The van der Waals surface area contributed by atoms with E-state index in [4.69, 9.17) is 5.26 Å². The van der Waals surface area contributed by atoms with Crippen LogP contribution in [0.2, 0.25) is 0 Å². The lowest BCUT2D eigenvalue weighted by molar-refractivity contribution is -0.386. The molecular formula is C8H7N3O2. The highest BCUT2D eigenvalue weighted by Gasteiger charge is 2.18. The van der Waals surface area contributed by atoms with E-state index in [9.17, 15) is 10.1 Å². The maximum Gasteiger partial charge on any atom is 0.308 e. The van der Waals surface area contributed by atoms with Gasteiger partial charge in [-0.15, -0.1) is 0 Å². The molecule has 0 aliphatic carbocycles. The number of nitro groups is 1. The zero-order valence-electron chi connectivity index (χ0n) is 7.02. The largest absolute Gasteiger partial charge is 0.308 e. The average Bonchev–Trinajstić information content (AvgIpc) is 2.16. The molecule has 0 aliphatic heterocycles. The summed E-state index contributed by atoms with van der Waals surface area (Å²) in [5.74, 6) is 0. The monoisotopic (exact) mass is 177 g/mol. The van der Waals surface area contributed by atoms with Crippen LogP contribution in [0.15, 0.2) is 12.3 Å². The molecule has 1 heterocycles. The molecular weight excluding hydrogens is 170 g/mol. The first-order valence-corrected chi connectivity index (χ1v) is 3.73. The fraction of sp³-hybridized carbons (Fsp3) is 0.250. The molecule has 0 amide bonds. The molecule has 1 aromatic rings. The Kier molecular flexibility index (Phi) is 2.55. The molecule has 0 bridgehead atoms. The van der Waals surface area contributed by atoms with Crippen molar-refractivity contribution in [2.45, 2.75) is 13.3 Å². The highest BCUT2D eigenvalue weighted by atomic mass is 16.6. The van der Waals surface area contributed by atoms with Gasteiger partial charge in [0.25, 0.3) is 0 Å². The Balaban J connectivity index is 3.41. The summed E-state index contributed by atoms with van der Waals surface area (Å²) in [5, 5.41) is 19.1. The van der Waals surface area contributed by atoms with E-state index in [0.717, 1.165) is 0 Å². The average molecular weight is 177 g/mol. The quantitative estimate of drug-likeness (QED) is 0.505. The predicted octanol–water partition coefficient (Wildman–Crippen LogP) is 1.42. The number of hydrogen-bond acceptors (Lipinski definition) is 4. The van der Waals surface area contributed by atoms with Crippen LogP contribution in [0.1, 0.15) is 18.2 Å². The molecule has 0 saturated carbocycles. The molecule has 0 saturated heterocycles. The van der Waals surface area contributed by atoms with Crippen LogP contribution in [0, 0.1) is 21.4 Å². The SMILES string of the molecule is CCc1ccnc(C#N)c1[N+](=O)[O-]. The standard InChI is InChI=1S/C8H7N3O2/c1-2-6-3-4-10-7(5-9)8(6)11(12)13/h3-4H,2H2,1H3. The third kappa shape index (κ3) is 1.62. The van der Waals surface area contributed by atoms with Gasteiger partial charge in [-0.05, 0) is 12.5 Å². The van der Waals surface area contributed by atoms with Crippen molar-refractivity contribution in [2.75, 3.05) is 0 Å². The molecule has 0 radical (unpaired) electrons. The van der Waals surface area contributed by atoms with Crippen molar-refractivity contribution in [3.8, 4) is 6.07 Å². The third-order valence-corrected chi connectivity index (χ3v) is 1.68. The molecule has 0 fully saturated rings. The van der Waals surface area contributed by atoms with Crippen molar-refractivity contribution >= 4 is 5.69 Å². The minimum Gasteiger partial charge on any atom is -0.258 e. The molecule has 0 unspecified atom stereocenters. The number of aromatic nitrogens is 1. The van der Waals surface area contributed by atoms with Crippen molar-refractivity contribution in [3.63, 3.8) is 0 Å². The summed E-state index contributed by atoms with van der Waals surface area (Å²) in [6.07, 6.45) is 1.93. The maximum absolute atomic E-state index is 10.6. The predicted molar refractivity (Wildman–Crippen MR) is 45.0 cm³/mol. The Morgan fingerprint density at radius 2 is 2.46 bits per heavy atom. The molecule has 0 spiro atoms. The Hall–Kier alpha value is -1.96. The highest BCUT2D eigenvalue weighted by Crippen LogP contribution is 2.21. The van der Waals surface area contributed by atoms with Gasteiger partial charge in [-0.1, -0.05) is 6.92 Å². The van der Waals surface area contributed by atoms with Gasteiger partial charge in [-0.3, -0.25) is 10.1 Å². The van der Waals surface area contributed by atoms with Crippen LogP contribution in [0.3, 0.4) is 0 Å². The summed E-state index contributed by atoms with van der Waals surface area (Å²) in [4.78, 5) is 13.6. The van der Waals surface area contributed by atoms with E-state index in [1.165, 1.54) is 6.20 Å². The second-order valence-corrected chi connectivity index (χ2v) is 2.39. The van der Waals surface area contributed by atoms with E-state index in [0.29, 0.717) is 12.0 Å². The molecule has 13 heavy (non-hydrogen) atoms. The van der Waals surface area contributed by atoms with Crippen LogP contribution in [0.25, 0.3) is 0 Å². The molecule has 5 nitrogen and oxygen atoms in total. The topological polar surface area (TPSA) is 79.8 Å². The zero-order valence-corrected chi connectivity index (χ0v) is 7.02. The second kappa shape index (κ2) is 3.63. The molecule has 66 valence electrons. The molecule has 0 aromatic carbocycles. The first kappa shape index (κ1) is 9.13. The molecule has 5 heteroatoms. The number of rotatable bonds is 2. The summed E-state index contributed by atoms with van der Waals surface area (Å²) in [5.41, 5.74) is 0.244. The third-order valence-electron chi connectivity index (χ3n) is 1.68. The minimum absolute atomic E-state index is 0.121. The summed E-state index contributed by atoms with van der Waals surface area (Å²) >= 11 is 0. The maximum atomic E-state index is 10.6. The van der Waals surface area contributed by atoms with Crippen LogP contribution in [-0.4, -0.2) is 9.91 Å². The normalized spacial score (nSPS) is 9.23. The molecule has 1 aromatic heterocycles. The van der Waals surface area contributed by atoms with Crippen molar-refractivity contribution in [1.29, 1.82) is 5.26 Å². The lowest BCUT2D eigenvalue weighted by atomic mass is 10.1. The number of aryl methyl sites for hydroxylation is 1. The van der Waals surface area contributed by atoms with Gasteiger partial charge < -0.3 is 0 Å². The molecule has 0 atom stereocenters. The lowest BCUT2D eigenvalue weighted by Gasteiger charge is -1.98. The fourth-order valence-corrected chi connectivity index (χ4v) is 1.06. The Morgan fingerprint density at radius 1 is 1.77 bits per heavy atom. The van der Waals surface area contributed by atoms with E-state index in [2.05, 4.69) is 4.98 Å². The van der Waals surface area contributed by atoms with E-state index in [-0.39, 0.29) is 11.4 Å². The van der Waals surface area contributed by atoms with Crippen LogP contribution in [0.5, 0.6) is 0 Å². The number of pyridine rings is 1. The van der Waals surface area contributed by atoms with Gasteiger partial charge in [-0.2, -0.15) is 5.26 Å².